The molecule has 0 fully saturated rings. The summed E-state index contributed by atoms with van der Waals surface area (Å²) in [7, 11) is 4.43. The molecule has 0 aliphatic rings. The molecule has 0 saturated heterocycles. The Morgan fingerprint density at radius 2 is 1.82 bits per heavy atom. The van der Waals surface area contributed by atoms with Crippen LogP contribution < -0.4 is 9.47 Å². The zero-order chi connectivity index (χ0) is 16.4. The molecule has 0 radical (unpaired) electrons. The highest BCUT2D eigenvalue weighted by Gasteiger charge is 2.21. The summed E-state index contributed by atoms with van der Waals surface area (Å²) in [5.41, 5.74) is 0.667. The fraction of sp³-hybridized carbons (Fsp3) is 0.294. The number of carbonyl (C=O) groups is 1. The van der Waals surface area contributed by atoms with Gasteiger partial charge in [-0.1, -0.05) is 24.3 Å². The van der Waals surface area contributed by atoms with Crippen LogP contribution in [0.5, 0.6) is 11.5 Å². The molecule has 5 heteroatoms. The van der Waals surface area contributed by atoms with Gasteiger partial charge in [-0.2, -0.15) is 0 Å². The lowest BCUT2D eigenvalue weighted by atomic mass is 10.1. The SMILES string of the molecule is C\C=C/C=C\C=N\C(C(=O)OC)c1ccc(OC)c(OC)c1. The van der Waals surface area contributed by atoms with E-state index in [-0.39, 0.29) is 0 Å². The van der Waals surface area contributed by atoms with Crippen molar-refractivity contribution in [3.05, 3.63) is 48.1 Å². The monoisotopic (exact) mass is 303 g/mol. The van der Waals surface area contributed by atoms with Crippen LogP contribution >= 0.6 is 0 Å². The lowest BCUT2D eigenvalue weighted by Crippen LogP contribution is -2.12. The number of nitrogens with zero attached hydrogens (tertiary/aromatic N) is 1. The molecule has 1 unspecified atom stereocenters. The number of allylic oxidation sites excluding steroid dienone is 4. The number of methoxy groups -OCH3 is 3. The largest absolute Gasteiger partial charge is 0.493 e. The van der Waals surface area contributed by atoms with Gasteiger partial charge in [-0.25, -0.2) is 4.79 Å². The third-order valence-corrected chi connectivity index (χ3v) is 2.88. The Morgan fingerprint density at radius 1 is 1.09 bits per heavy atom. The Hall–Kier alpha value is -2.56. The summed E-state index contributed by atoms with van der Waals surface area (Å²) >= 11 is 0. The summed E-state index contributed by atoms with van der Waals surface area (Å²) < 4.78 is 15.2. The lowest BCUT2D eigenvalue weighted by molar-refractivity contribution is -0.142. The summed E-state index contributed by atoms with van der Waals surface area (Å²) in [6.45, 7) is 1.92. The van der Waals surface area contributed by atoms with Crippen LogP contribution in [0.15, 0.2) is 47.5 Å². The number of benzene rings is 1. The molecule has 1 aromatic carbocycles. The van der Waals surface area contributed by atoms with E-state index in [1.165, 1.54) is 14.2 Å². The molecule has 0 heterocycles. The quantitative estimate of drug-likeness (QED) is 0.441. The van der Waals surface area contributed by atoms with Crippen molar-refractivity contribution in [3.63, 3.8) is 0 Å². The van der Waals surface area contributed by atoms with Crippen LogP contribution in [0.25, 0.3) is 0 Å². The minimum Gasteiger partial charge on any atom is -0.493 e. The van der Waals surface area contributed by atoms with Gasteiger partial charge in [0, 0.05) is 6.21 Å². The standard InChI is InChI=1S/C17H21NO4/c1-5-6-7-8-11-18-16(17(19)22-4)13-9-10-14(20-2)15(12-13)21-3/h5-12,16H,1-4H3/b6-5-,8-7-,18-11+. The van der Waals surface area contributed by atoms with Gasteiger partial charge < -0.3 is 14.2 Å². The van der Waals surface area contributed by atoms with Crippen molar-refractivity contribution < 1.29 is 19.0 Å². The molecule has 22 heavy (non-hydrogen) atoms. The molecule has 0 amide bonds. The zero-order valence-electron chi connectivity index (χ0n) is 13.3. The Kier molecular flexibility index (Phi) is 7.47. The van der Waals surface area contributed by atoms with Crippen molar-refractivity contribution in [3.8, 4) is 11.5 Å². The average molecular weight is 303 g/mol. The highest BCUT2D eigenvalue weighted by atomic mass is 16.5. The lowest BCUT2D eigenvalue weighted by Gasteiger charge is -2.13. The molecule has 0 saturated carbocycles. The van der Waals surface area contributed by atoms with Gasteiger partial charge in [0.1, 0.15) is 0 Å². The van der Waals surface area contributed by atoms with Crippen LogP contribution in [-0.4, -0.2) is 33.5 Å². The first-order chi connectivity index (χ1) is 10.7. The van der Waals surface area contributed by atoms with E-state index in [9.17, 15) is 4.79 Å². The van der Waals surface area contributed by atoms with Crippen molar-refractivity contribution in [1.82, 2.24) is 0 Å². The van der Waals surface area contributed by atoms with Crippen LogP contribution in [0.4, 0.5) is 0 Å². The van der Waals surface area contributed by atoms with Crippen molar-refractivity contribution >= 4 is 12.2 Å². The van der Waals surface area contributed by atoms with E-state index in [2.05, 4.69) is 4.99 Å². The predicted octanol–water partition coefficient (Wildman–Crippen LogP) is 3.12. The smallest absolute Gasteiger partial charge is 0.335 e. The first-order valence-corrected chi connectivity index (χ1v) is 6.78. The van der Waals surface area contributed by atoms with Crippen molar-refractivity contribution in [2.24, 2.45) is 4.99 Å². The van der Waals surface area contributed by atoms with Gasteiger partial charge in [0.05, 0.1) is 21.3 Å². The molecular formula is C17H21NO4. The maximum atomic E-state index is 11.9. The fourth-order valence-corrected chi connectivity index (χ4v) is 1.78. The third-order valence-electron chi connectivity index (χ3n) is 2.88. The van der Waals surface area contributed by atoms with Crippen molar-refractivity contribution in [2.75, 3.05) is 21.3 Å². The molecule has 0 aliphatic carbocycles. The van der Waals surface area contributed by atoms with Crippen LogP contribution in [0.2, 0.25) is 0 Å². The number of rotatable bonds is 7. The molecule has 118 valence electrons. The number of carbonyl (C=O) groups excluding carboxylic acids is 1. The normalized spacial score (nSPS) is 12.9. The number of hydrogen-bond donors (Lipinski definition) is 0. The summed E-state index contributed by atoms with van der Waals surface area (Å²) in [6.07, 6.45) is 8.91. The molecule has 1 rings (SSSR count). The second-order valence-electron chi connectivity index (χ2n) is 4.25. The number of hydrogen-bond acceptors (Lipinski definition) is 5. The number of aliphatic imine (C=N–C) groups is 1. The van der Waals surface area contributed by atoms with E-state index in [0.717, 1.165) is 0 Å². The molecule has 0 spiro atoms. The van der Waals surface area contributed by atoms with Gasteiger partial charge in [0.2, 0.25) is 0 Å². The van der Waals surface area contributed by atoms with E-state index in [1.54, 1.807) is 37.6 Å². The van der Waals surface area contributed by atoms with Crippen LogP contribution in [-0.2, 0) is 9.53 Å². The predicted molar refractivity (Wildman–Crippen MR) is 86.7 cm³/mol. The molecule has 0 aliphatic heterocycles. The number of esters is 1. The van der Waals surface area contributed by atoms with Crippen LogP contribution in [0, 0.1) is 0 Å². The summed E-state index contributed by atoms with van der Waals surface area (Å²) in [5.74, 6) is 0.684. The van der Waals surface area contributed by atoms with E-state index < -0.39 is 12.0 Å². The Balaban J connectivity index is 3.09. The Morgan fingerprint density at radius 3 is 2.41 bits per heavy atom. The highest BCUT2D eigenvalue weighted by molar-refractivity contribution is 5.82. The first-order valence-electron chi connectivity index (χ1n) is 6.78. The Bertz CT molecular complexity index is 576. The second kappa shape index (κ2) is 9.39. The van der Waals surface area contributed by atoms with Gasteiger partial charge in [0.15, 0.2) is 17.5 Å². The molecule has 5 nitrogen and oxygen atoms in total. The molecule has 0 aromatic heterocycles. The van der Waals surface area contributed by atoms with Crippen LogP contribution in [0.3, 0.4) is 0 Å². The first kappa shape index (κ1) is 17.5. The van der Waals surface area contributed by atoms with Gasteiger partial charge in [-0.15, -0.1) is 0 Å². The highest BCUT2D eigenvalue weighted by Crippen LogP contribution is 2.31. The summed E-state index contributed by atoms with van der Waals surface area (Å²) in [4.78, 5) is 16.2. The minimum atomic E-state index is -0.750. The maximum absolute atomic E-state index is 11.9. The molecule has 1 aromatic rings. The third kappa shape index (κ3) is 4.77. The van der Waals surface area contributed by atoms with Gasteiger partial charge in [-0.3, -0.25) is 4.99 Å². The number of ether oxygens (including phenoxy) is 3. The molecule has 0 N–H and O–H groups in total. The average Bonchev–Trinajstić information content (AvgIpc) is 2.56. The van der Waals surface area contributed by atoms with Crippen molar-refractivity contribution in [2.45, 2.75) is 13.0 Å². The van der Waals surface area contributed by atoms with Crippen molar-refractivity contribution in [1.29, 1.82) is 0 Å². The zero-order valence-corrected chi connectivity index (χ0v) is 13.3. The van der Waals surface area contributed by atoms with Gasteiger partial charge in [0.25, 0.3) is 0 Å². The summed E-state index contributed by atoms with van der Waals surface area (Å²) in [6, 6.07) is 4.46. The Labute approximate surface area is 130 Å². The maximum Gasteiger partial charge on any atom is 0.335 e. The topological polar surface area (TPSA) is 57.1 Å². The van der Waals surface area contributed by atoms with E-state index in [4.69, 9.17) is 14.2 Å². The van der Waals surface area contributed by atoms with E-state index in [0.29, 0.717) is 17.1 Å². The van der Waals surface area contributed by atoms with E-state index in [1.807, 2.05) is 25.2 Å². The van der Waals surface area contributed by atoms with Crippen LogP contribution in [0.1, 0.15) is 18.5 Å². The summed E-state index contributed by atoms with van der Waals surface area (Å²) in [5, 5.41) is 0. The molecular weight excluding hydrogens is 282 g/mol. The fourth-order valence-electron chi connectivity index (χ4n) is 1.78. The minimum absolute atomic E-state index is 0.442. The van der Waals surface area contributed by atoms with Gasteiger partial charge in [-0.05, 0) is 30.7 Å². The second-order valence-corrected chi connectivity index (χ2v) is 4.25. The molecule has 0 bridgehead atoms. The van der Waals surface area contributed by atoms with E-state index >= 15 is 0 Å². The van der Waals surface area contributed by atoms with Gasteiger partial charge >= 0.3 is 5.97 Å². The molecule has 1 atom stereocenters.